The Hall–Kier alpha value is -2.51. The molecule has 2 aromatic carbocycles. The predicted octanol–water partition coefficient (Wildman–Crippen LogP) is 4.13. The highest BCUT2D eigenvalue weighted by Gasteiger charge is 2.21. The van der Waals surface area contributed by atoms with E-state index in [1.807, 2.05) is 0 Å². The van der Waals surface area contributed by atoms with E-state index in [9.17, 15) is 36.2 Å². The standard InChI is InChI=1S/C14H6F6O2/c15-10-6-2-1-5(8(21)4-9(22)14(19)20)3-7(6)11(16)13(18)12(10)17/h1-4,14,21H/b8-4-. The number of aliphatic hydroxyl groups is 1. The maximum absolute atomic E-state index is 13.6. The number of aliphatic hydroxyl groups excluding tert-OH is 1. The number of allylic oxidation sites excluding steroid dienone is 1. The summed E-state index contributed by atoms with van der Waals surface area (Å²) in [4.78, 5) is 10.8. The SMILES string of the molecule is O=C(/C=C(\O)c1ccc2c(F)c(F)c(F)c(F)c2c1)C(F)F. The summed E-state index contributed by atoms with van der Waals surface area (Å²) in [7, 11) is 0. The van der Waals surface area contributed by atoms with Crippen molar-refractivity contribution in [3.8, 4) is 0 Å². The average molecular weight is 320 g/mol. The van der Waals surface area contributed by atoms with Crippen molar-refractivity contribution in [1.82, 2.24) is 0 Å². The van der Waals surface area contributed by atoms with Crippen molar-refractivity contribution < 1.29 is 36.2 Å². The maximum Gasteiger partial charge on any atom is 0.300 e. The number of rotatable bonds is 3. The zero-order valence-electron chi connectivity index (χ0n) is 10.5. The van der Waals surface area contributed by atoms with Gasteiger partial charge in [0, 0.05) is 22.4 Å². The number of hydrogen-bond donors (Lipinski definition) is 1. The number of alkyl halides is 2. The van der Waals surface area contributed by atoms with E-state index in [1.54, 1.807) is 0 Å². The molecule has 8 heteroatoms. The Bertz CT molecular complexity index is 798. The smallest absolute Gasteiger partial charge is 0.300 e. The molecule has 116 valence electrons. The number of carbonyl (C=O) groups excluding carboxylic acids is 1. The lowest BCUT2D eigenvalue weighted by molar-refractivity contribution is -0.124. The molecule has 0 radical (unpaired) electrons. The largest absolute Gasteiger partial charge is 0.507 e. The zero-order valence-corrected chi connectivity index (χ0v) is 10.5. The van der Waals surface area contributed by atoms with Crippen molar-refractivity contribution in [2.75, 3.05) is 0 Å². The number of halogens is 6. The van der Waals surface area contributed by atoms with E-state index in [-0.39, 0.29) is 11.6 Å². The van der Waals surface area contributed by atoms with E-state index in [0.717, 1.165) is 12.1 Å². The molecule has 22 heavy (non-hydrogen) atoms. The van der Waals surface area contributed by atoms with Gasteiger partial charge in [-0.2, -0.15) is 0 Å². The van der Waals surface area contributed by atoms with Crippen LogP contribution in [0.25, 0.3) is 16.5 Å². The lowest BCUT2D eigenvalue weighted by Gasteiger charge is -2.07. The average Bonchev–Trinajstić information content (AvgIpc) is 2.49. The van der Waals surface area contributed by atoms with Crippen LogP contribution in [0.2, 0.25) is 0 Å². The van der Waals surface area contributed by atoms with Crippen molar-refractivity contribution in [2.24, 2.45) is 0 Å². The Balaban J connectivity index is 2.63. The molecule has 0 aliphatic heterocycles. The number of ketones is 1. The molecule has 2 rings (SSSR count). The fourth-order valence-electron chi connectivity index (χ4n) is 1.79. The lowest BCUT2D eigenvalue weighted by Crippen LogP contribution is -2.06. The van der Waals surface area contributed by atoms with Crippen molar-refractivity contribution in [2.45, 2.75) is 6.43 Å². The molecule has 0 aliphatic carbocycles. The fraction of sp³-hybridized carbons (Fsp3) is 0.0714. The molecule has 0 saturated heterocycles. The Morgan fingerprint density at radius 3 is 2.05 bits per heavy atom. The minimum absolute atomic E-state index is 0.194. The van der Waals surface area contributed by atoms with E-state index in [2.05, 4.69) is 0 Å². The van der Waals surface area contributed by atoms with Crippen molar-refractivity contribution in [3.05, 3.63) is 53.1 Å². The first kappa shape index (κ1) is 15.9. The zero-order chi connectivity index (χ0) is 16.6. The normalized spacial score (nSPS) is 12.2. The predicted molar refractivity (Wildman–Crippen MR) is 65.4 cm³/mol. The van der Waals surface area contributed by atoms with Gasteiger partial charge in [0.15, 0.2) is 23.3 Å². The lowest BCUT2D eigenvalue weighted by atomic mass is 10.0. The highest BCUT2D eigenvalue weighted by molar-refractivity contribution is 5.98. The van der Waals surface area contributed by atoms with Gasteiger partial charge < -0.3 is 5.11 Å². The molecule has 0 amide bonds. The summed E-state index contributed by atoms with van der Waals surface area (Å²) in [6.45, 7) is 0. The molecule has 0 saturated carbocycles. The van der Waals surface area contributed by atoms with E-state index >= 15 is 0 Å². The number of carbonyl (C=O) groups is 1. The molecule has 0 bridgehead atoms. The fourth-order valence-corrected chi connectivity index (χ4v) is 1.79. The topological polar surface area (TPSA) is 37.3 Å². The van der Waals surface area contributed by atoms with Crippen LogP contribution < -0.4 is 0 Å². The van der Waals surface area contributed by atoms with Gasteiger partial charge in [-0.3, -0.25) is 4.79 Å². The molecule has 0 fully saturated rings. The van der Waals surface area contributed by atoms with Gasteiger partial charge in [-0.25, -0.2) is 26.3 Å². The molecule has 0 atom stereocenters. The Kier molecular flexibility index (Phi) is 4.11. The number of hydrogen-bond acceptors (Lipinski definition) is 2. The van der Waals surface area contributed by atoms with Crippen LogP contribution in [0.15, 0.2) is 24.3 Å². The third kappa shape index (κ3) is 2.63. The second-order valence-corrected chi connectivity index (χ2v) is 4.25. The van der Waals surface area contributed by atoms with Gasteiger partial charge >= 0.3 is 0 Å². The van der Waals surface area contributed by atoms with Crippen LogP contribution >= 0.6 is 0 Å². The molecule has 0 heterocycles. The van der Waals surface area contributed by atoms with Gasteiger partial charge in [0.1, 0.15) is 5.76 Å². The summed E-state index contributed by atoms with van der Waals surface area (Å²) in [5.41, 5.74) is -0.342. The molecule has 2 aromatic rings. The first-order chi connectivity index (χ1) is 10.2. The summed E-state index contributed by atoms with van der Waals surface area (Å²) >= 11 is 0. The van der Waals surface area contributed by atoms with Gasteiger partial charge in [0.25, 0.3) is 6.43 Å². The minimum Gasteiger partial charge on any atom is -0.507 e. The van der Waals surface area contributed by atoms with Gasteiger partial charge in [-0.1, -0.05) is 12.1 Å². The van der Waals surface area contributed by atoms with Gasteiger partial charge in [-0.05, 0) is 6.07 Å². The van der Waals surface area contributed by atoms with E-state index in [4.69, 9.17) is 0 Å². The number of fused-ring (bicyclic) bond motifs is 1. The van der Waals surface area contributed by atoms with Gasteiger partial charge in [-0.15, -0.1) is 0 Å². The summed E-state index contributed by atoms with van der Waals surface area (Å²) in [6, 6.07) is 2.47. The van der Waals surface area contributed by atoms with Crippen LogP contribution in [0, 0.1) is 23.3 Å². The summed E-state index contributed by atoms with van der Waals surface area (Å²) in [5, 5.41) is 8.19. The van der Waals surface area contributed by atoms with E-state index < -0.39 is 52.0 Å². The van der Waals surface area contributed by atoms with E-state index in [0.29, 0.717) is 6.07 Å². The summed E-state index contributed by atoms with van der Waals surface area (Å²) < 4.78 is 77.4. The third-order valence-electron chi connectivity index (χ3n) is 2.86. The second-order valence-electron chi connectivity index (χ2n) is 4.25. The Labute approximate surface area is 119 Å². The van der Waals surface area contributed by atoms with Crippen LogP contribution in [0.4, 0.5) is 26.3 Å². The van der Waals surface area contributed by atoms with Crippen LogP contribution in [-0.2, 0) is 4.79 Å². The minimum atomic E-state index is -3.36. The molecule has 0 aliphatic rings. The monoisotopic (exact) mass is 320 g/mol. The first-order valence-corrected chi connectivity index (χ1v) is 5.72. The molecule has 0 unspecified atom stereocenters. The van der Waals surface area contributed by atoms with Crippen molar-refractivity contribution >= 4 is 22.3 Å². The quantitative estimate of drug-likeness (QED) is 0.304. The molecular formula is C14H6F6O2. The molecule has 0 spiro atoms. The number of benzene rings is 2. The Morgan fingerprint density at radius 2 is 1.50 bits per heavy atom. The van der Waals surface area contributed by atoms with Gasteiger partial charge in [0.05, 0.1) is 0 Å². The second kappa shape index (κ2) is 5.70. The van der Waals surface area contributed by atoms with Crippen LogP contribution in [0.5, 0.6) is 0 Å². The van der Waals surface area contributed by atoms with Crippen LogP contribution in [0.3, 0.4) is 0 Å². The van der Waals surface area contributed by atoms with Crippen LogP contribution in [0.1, 0.15) is 5.56 Å². The van der Waals surface area contributed by atoms with E-state index in [1.165, 1.54) is 0 Å². The van der Waals surface area contributed by atoms with Crippen molar-refractivity contribution in [3.63, 3.8) is 0 Å². The third-order valence-corrected chi connectivity index (χ3v) is 2.86. The highest BCUT2D eigenvalue weighted by Crippen LogP contribution is 2.29. The molecule has 2 nitrogen and oxygen atoms in total. The molecule has 1 N–H and O–H groups in total. The maximum atomic E-state index is 13.6. The van der Waals surface area contributed by atoms with Gasteiger partial charge in [0.2, 0.25) is 5.78 Å². The summed E-state index contributed by atoms with van der Waals surface area (Å²) in [6.07, 6.45) is -3.16. The highest BCUT2D eigenvalue weighted by atomic mass is 19.3. The van der Waals surface area contributed by atoms with Crippen LogP contribution in [-0.4, -0.2) is 17.3 Å². The van der Waals surface area contributed by atoms with Crippen molar-refractivity contribution in [1.29, 1.82) is 0 Å². The molecule has 0 aromatic heterocycles. The summed E-state index contributed by atoms with van der Waals surface area (Å²) in [5.74, 6) is -10.0. The first-order valence-electron chi connectivity index (χ1n) is 5.72. The molecular weight excluding hydrogens is 314 g/mol. The Morgan fingerprint density at radius 1 is 0.955 bits per heavy atom.